The van der Waals surface area contributed by atoms with Crippen LogP contribution < -0.4 is 11.1 Å². The minimum absolute atomic E-state index is 0.533. The van der Waals surface area contributed by atoms with E-state index in [-0.39, 0.29) is 0 Å². The van der Waals surface area contributed by atoms with E-state index in [1.807, 2.05) is 37.5 Å². The topological polar surface area (TPSA) is 81.1 Å². The minimum Gasteiger partial charge on any atom is -0.383 e. The molecule has 0 bridgehead atoms. The first-order chi connectivity index (χ1) is 11.7. The predicted octanol–water partition coefficient (Wildman–Crippen LogP) is 3.01. The molecule has 0 amide bonds. The number of nitrogen functional groups attached to an aromatic ring is 1. The lowest BCUT2D eigenvalue weighted by Gasteiger charge is -2.09. The lowest BCUT2D eigenvalue weighted by molar-refractivity contribution is 0.781. The van der Waals surface area contributed by atoms with Gasteiger partial charge < -0.3 is 11.1 Å². The van der Waals surface area contributed by atoms with Crippen molar-refractivity contribution in [3.05, 3.63) is 52.9 Å². The number of fused-ring (bicyclic) bond motifs is 2. The number of nitrogens with one attached hydrogen (secondary N) is 1. The van der Waals surface area contributed by atoms with E-state index in [0.29, 0.717) is 12.4 Å². The summed E-state index contributed by atoms with van der Waals surface area (Å²) in [5, 5.41) is 8.57. The smallest absolute Gasteiger partial charge is 0.165 e. The largest absolute Gasteiger partial charge is 0.383 e. The second kappa shape index (κ2) is 5.85. The maximum absolute atomic E-state index is 6.20. The molecule has 0 radical (unpaired) electrons. The van der Waals surface area contributed by atoms with E-state index in [9.17, 15) is 0 Å². The zero-order chi connectivity index (χ0) is 16.7. The number of halogens is 1. The van der Waals surface area contributed by atoms with Crippen molar-refractivity contribution in [3.63, 3.8) is 0 Å². The van der Waals surface area contributed by atoms with Crippen LogP contribution in [0.1, 0.15) is 5.69 Å². The summed E-state index contributed by atoms with van der Waals surface area (Å²) >= 11 is 3.50. The fraction of sp³-hybridized carbons (Fsp3) is 0.118. The first-order valence-electron chi connectivity index (χ1n) is 7.50. The fourth-order valence-electron chi connectivity index (χ4n) is 2.75. The molecule has 0 aliphatic rings. The molecule has 0 atom stereocenters. The van der Waals surface area contributed by atoms with Gasteiger partial charge in [-0.1, -0.05) is 18.2 Å². The molecule has 24 heavy (non-hydrogen) atoms. The molecule has 0 saturated heterocycles. The van der Waals surface area contributed by atoms with Crippen molar-refractivity contribution < 1.29 is 0 Å². The Morgan fingerprint density at radius 2 is 2.08 bits per heavy atom. The van der Waals surface area contributed by atoms with E-state index in [0.717, 1.165) is 37.8 Å². The van der Waals surface area contributed by atoms with Gasteiger partial charge in [0.15, 0.2) is 5.65 Å². The summed E-state index contributed by atoms with van der Waals surface area (Å²) in [4.78, 5) is 9.25. The number of rotatable bonds is 3. The second-order valence-corrected chi connectivity index (χ2v) is 6.29. The molecule has 7 heteroatoms. The first-order valence-corrected chi connectivity index (χ1v) is 8.29. The van der Waals surface area contributed by atoms with Crippen molar-refractivity contribution in [2.24, 2.45) is 0 Å². The highest BCUT2D eigenvalue weighted by Crippen LogP contribution is 2.30. The zero-order valence-electron chi connectivity index (χ0n) is 13.0. The minimum atomic E-state index is 0.533. The molecule has 0 aliphatic heterocycles. The Labute approximate surface area is 146 Å². The van der Waals surface area contributed by atoms with E-state index in [1.54, 1.807) is 10.7 Å². The van der Waals surface area contributed by atoms with Gasteiger partial charge in [0.2, 0.25) is 0 Å². The van der Waals surface area contributed by atoms with E-state index in [4.69, 9.17) is 10.7 Å². The summed E-state index contributed by atoms with van der Waals surface area (Å²) in [5.74, 6) is 0.533. The van der Waals surface area contributed by atoms with Crippen LogP contribution in [0.2, 0.25) is 0 Å². The predicted molar refractivity (Wildman–Crippen MR) is 98.6 cm³/mol. The molecule has 3 heterocycles. The van der Waals surface area contributed by atoms with Crippen molar-refractivity contribution in [1.29, 1.82) is 0 Å². The van der Waals surface area contributed by atoms with Crippen molar-refractivity contribution in [1.82, 2.24) is 24.9 Å². The molecule has 0 spiro atoms. The quantitative estimate of drug-likeness (QED) is 0.569. The summed E-state index contributed by atoms with van der Waals surface area (Å²) in [6, 6.07) is 10.1. The molecule has 3 N–H and O–H groups in total. The third kappa shape index (κ3) is 2.33. The van der Waals surface area contributed by atoms with Gasteiger partial charge in [0.25, 0.3) is 0 Å². The van der Waals surface area contributed by atoms with Gasteiger partial charge in [-0.15, -0.1) is 0 Å². The van der Waals surface area contributed by atoms with E-state index in [1.165, 1.54) is 0 Å². The normalized spacial score (nSPS) is 11.4. The molecule has 0 unspecified atom stereocenters. The van der Waals surface area contributed by atoms with Crippen LogP contribution in [0, 0.1) is 0 Å². The summed E-state index contributed by atoms with van der Waals surface area (Å²) in [6.45, 7) is 0.613. The SMILES string of the molecule is CNCc1nc2c(-c3cnc4ccccc4c3)cnn2c(N)c1Br. The fourth-order valence-corrected chi connectivity index (χ4v) is 3.15. The van der Waals surface area contributed by atoms with Gasteiger partial charge in [-0.25, -0.2) is 4.98 Å². The highest BCUT2D eigenvalue weighted by atomic mass is 79.9. The standard InChI is InChI=1S/C17H15BrN6/c1-20-9-14-15(18)16(19)24-17(23-14)12(8-22-24)11-6-10-4-2-3-5-13(10)21-7-11/h2-8,20H,9,19H2,1H3. The van der Waals surface area contributed by atoms with Gasteiger partial charge in [0, 0.05) is 29.3 Å². The third-order valence-corrected chi connectivity index (χ3v) is 4.80. The Morgan fingerprint density at radius 1 is 1.25 bits per heavy atom. The number of hydrogen-bond acceptors (Lipinski definition) is 5. The summed E-state index contributed by atoms with van der Waals surface area (Å²) in [7, 11) is 1.87. The summed E-state index contributed by atoms with van der Waals surface area (Å²) in [5.41, 5.74) is 10.6. The van der Waals surface area contributed by atoms with Crippen LogP contribution in [0.3, 0.4) is 0 Å². The second-order valence-electron chi connectivity index (χ2n) is 5.50. The molecular weight excluding hydrogens is 368 g/mol. The van der Waals surface area contributed by atoms with E-state index in [2.05, 4.69) is 37.4 Å². The molecule has 0 fully saturated rings. The van der Waals surface area contributed by atoms with Crippen LogP contribution in [0.15, 0.2) is 47.2 Å². The number of nitrogens with zero attached hydrogens (tertiary/aromatic N) is 4. The number of hydrogen-bond donors (Lipinski definition) is 2. The van der Waals surface area contributed by atoms with Gasteiger partial charge in [-0.05, 0) is 35.1 Å². The van der Waals surface area contributed by atoms with Crippen molar-refractivity contribution in [3.8, 4) is 11.1 Å². The molecule has 0 saturated carbocycles. The molecule has 1 aromatic carbocycles. The highest BCUT2D eigenvalue weighted by Gasteiger charge is 2.16. The molecule has 0 aliphatic carbocycles. The molecule has 4 aromatic rings. The van der Waals surface area contributed by atoms with E-state index < -0.39 is 0 Å². The first kappa shape index (κ1) is 15.0. The number of anilines is 1. The maximum atomic E-state index is 6.20. The highest BCUT2D eigenvalue weighted by molar-refractivity contribution is 9.10. The Bertz CT molecular complexity index is 1060. The Hall–Kier alpha value is -2.51. The van der Waals surface area contributed by atoms with Gasteiger partial charge >= 0.3 is 0 Å². The average Bonchev–Trinajstić information content (AvgIpc) is 3.03. The van der Waals surface area contributed by atoms with Crippen molar-refractivity contribution in [2.75, 3.05) is 12.8 Å². The van der Waals surface area contributed by atoms with Gasteiger partial charge in [0.05, 0.1) is 21.9 Å². The molecule has 4 rings (SSSR count). The van der Waals surface area contributed by atoms with Crippen LogP contribution >= 0.6 is 15.9 Å². The number of para-hydroxylation sites is 1. The average molecular weight is 383 g/mol. The van der Waals surface area contributed by atoms with Gasteiger partial charge in [-0.3, -0.25) is 4.98 Å². The van der Waals surface area contributed by atoms with Crippen LogP contribution in [-0.2, 0) is 6.54 Å². The van der Waals surface area contributed by atoms with Gasteiger partial charge in [-0.2, -0.15) is 9.61 Å². The lowest BCUT2D eigenvalue weighted by atomic mass is 10.1. The van der Waals surface area contributed by atoms with Crippen molar-refractivity contribution in [2.45, 2.75) is 6.54 Å². The number of nitrogens with two attached hydrogens (primary N) is 1. The number of pyridine rings is 1. The molecule has 3 aromatic heterocycles. The summed E-state index contributed by atoms with van der Waals surface area (Å²) in [6.07, 6.45) is 3.62. The third-order valence-electron chi connectivity index (χ3n) is 3.94. The van der Waals surface area contributed by atoms with Crippen molar-refractivity contribution >= 4 is 38.3 Å². The Morgan fingerprint density at radius 3 is 2.92 bits per heavy atom. The molecule has 6 nitrogen and oxygen atoms in total. The number of benzene rings is 1. The zero-order valence-corrected chi connectivity index (χ0v) is 14.6. The Balaban J connectivity index is 1.95. The maximum Gasteiger partial charge on any atom is 0.165 e. The summed E-state index contributed by atoms with van der Waals surface area (Å²) < 4.78 is 2.41. The van der Waals surface area contributed by atoms with Crippen LogP contribution in [0.5, 0.6) is 0 Å². The number of aromatic nitrogens is 4. The van der Waals surface area contributed by atoms with E-state index >= 15 is 0 Å². The monoisotopic (exact) mass is 382 g/mol. The van der Waals surface area contributed by atoms with Crippen LogP contribution in [0.4, 0.5) is 5.82 Å². The van der Waals surface area contributed by atoms with Crippen LogP contribution in [0.25, 0.3) is 27.7 Å². The molecule has 120 valence electrons. The van der Waals surface area contributed by atoms with Crippen LogP contribution in [-0.4, -0.2) is 26.6 Å². The molecular formula is C17H15BrN6. The lowest BCUT2D eigenvalue weighted by Crippen LogP contribution is -2.11. The van der Waals surface area contributed by atoms with Gasteiger partial charge in [0.1, 0.15) is 5.82 Å². The Kier molecular flexibility index (Phi) is 3.66.